The van der Waals surface area contributed by atoms with Crippen molar-refractivity contribution in [3.8, 4) is 0 Å². The first-order valence-corrected chi connectivity index (χ1v) is 6.11. The fourth-order valence-corrected chi connectivity index (χ4v) is 2.16. The van der Waals surface area contributed by atoms with Crippen LogP contribution in [0.25, 0.3) is 0 Å². The molecule has 4 heteroatoms. The Morgan fingerprint density at radius 2 is 2.17 bits per heavy atom. The Bertz CT molecular complexity index is 534. The van der Waals surface area contributed by atoms with Crippen LogP contribution in [0.4, 0.5) is 4.39 Å². The van der Waals surface area contributed by atoms with E-state index in [-0.39, 0.29) is 11.9 Å². The van der Waals surface area contributed by atoms with E-state index in [9.17, 15) is 4.39 Å². The van der Waals surface area contributed by atoms with Crippen molar-refractivity contribution in [3.63, 3.8) is 0 Å². The van der Waals surface area contributed by atoms with Crippen LogP contribution in [0, 0.1) is 5.82 Å². The zero-order valence-corrected chi connectivity index (χ0v) is 10.9. The van der Waals surface area contributed by atoms with Crippen molar-refractivity contribution in [2.75, 3.05) is 7.05 Å². The summed E-state index contributed by atoms with van der Waals surface area (Å²) in [5.74, 6) is -0.217. The molecular weight excluding hydrogens is 229 g/mol. The molecule has 0 amide bonds. The average molecular weight is 247 g/mol. The van der Waals surface area contributed by atoms with Crippen LogP contribution in [0.15, 0.2) is 30.3 Å². The zero-order valence-electron chi connectivity index (χ0n) is 10.9. The Morgan fingerprint density at radius 1 is 1.39 bits per heavy atom. The van der Waals surface area contributed by atoms with Gasteiger partial charge < -0.3 is 5.32 Å². The molecule has 1 aromatic heterocycles. The van der Waals surface area contributed by atoms with Gasteiger partial charge in [0.05, 0.1) is 17.4 Å². The van der Waals surface area contributed by atoms with E-state index in [1.165, 1.54) is 6.07 Å². The molecule has 0 bridgehead atoms. The van der Waals surface area contributed by atoms with Gasteiger partial charge in [-0.1, -0.05) is 19.1 Å². The lowest BCUT2D eigenvalue weighted by Gasteiger charge is -2.16. The van der Waals surface area contributed by atoms with Gasteiger partial charge in [-0.3, -0.25) is 4.68 Å². The Labute approximate surface area is 107 Å². The minimum atomic E-state index is -0.217. The Balaban J connectivity index is 2.41. The molecule has 18 heavy (non-hydrogen) atoms. The SMILES string of the molecule is CCc1cc(C(NC)c2cccc(F)c2)n(C)n1. The third-order valence-corrected chi connectivity index (χ3v) is 3.10. The maximum absolute atomic E-state index is 13.3. The summed E-state index contributed by atoms with van der Waals surface area (Å²) >= 11 is 0. The van der Waals surface area contributed by atoms with Gasteiger partial charge in [-0.15, -0.1) is 0 Å². The molecule has 0 fully saturated rings. The number of hydrogen-bond donors (Lipinski definition) is 1. The van der Waals surface area contributed by atoms with Crippen LogP contribution in [0.5, 0.6) is 0 Å². The number of aryl methyl sites for hydroxylation is 2. The second kappa shape index (κ2) is 5.31. The maximum Gasteiger partial charge on any atom is 0.123 e. The summed E-state index contributed by atoms with van der Waals surface area (Å²) in [5, 5.41) is 7.64. The highest BCUT2D eigenvalue weighted by Crippen LogP contribution is 2.22. The van der Waals surface area contributed by atoms with Crippen molar-refractivity contribution in [2.24, 2.45) is 7.05 Å². The average Bonchev–Trinajstić information content (AvgIpc) is 2.72. The molecule has 1 N–H and O–H groups in total. The fraction of sp³-hybridized carbons (Fsp3) is 0.357. The predicted molar refractivity (Wildman–Crippen MR) is 69.9 cm³/mol. The van der Waals surface area contributed by atoms with Crippen molar-refractivity contribution >= 4 is 0 Å². The maximum atomic E-state index is 13.3. The fourth-order valence-electron chi connectivity index (χ4n) is 2.16. The molecule has 0 aliphatic rings. The molecule has 1 heterocycles. The highest BCUT2D eigenvalue weighted by Gasteiger charge is 2.17. The van der Waals surface area contributed by atoms with Crippen LogP contribution < -0.4 is 5.32 Å². The second-order valence-electron chi connectivity index (χ2n) is 4.31. The van der Waals surface area contributed by atoms with Gasteiger partial charge in [0.15, 0.2) is 0 Å². The summed E-state index contributed by atoms with van der Waals surface area (Å²) in [6.45, 7) is 2.07. The van der Waals surface area contributed by atoms with E-state index in [1.807, 2.05) is 24.8 Å². The van der Waals surface area contributed by atoms with Gasteiger partial charge in [0.25, 0.3) is 0 Å². The first-order valence-electron chi connectivity index (χ1n) is 6.11. The molecule has 1 atom stereocenters. The van der Waals surface area contributed by atoms with Crippen LogP contribution in [0.2, 0.25) is 0 Å². The van der Waals surface area contributed by atoms with Crippen LogP contribution in [0.3, 0.4) is 0 Å². The highest BCUT2D eigenvalue weighted by atomic mass is 19.1. The lowest BCUT2D eigenvalue weighted by Crippen LogP contribution is -2.20. The van der Waals surface area contributed by atoms with Crippen molar-refractivity contribution < 1.29 is 4.39 Å². The predicted octanol–water partition coefficient (Wildman–Crippen LogP) is 2.43. The molecule has 0 aliphatic carbocycles. The lowest BCUT2D eigenvalue weighted by atomic mass is 10.0. The van der Waals surface area contributed by atoms with Gasteiger partial charge in [0.2, 0.25) is 0 Å². The van der Waals surface area contributed by atoms with Crippen molar-refractivity contribution in [2.45, 2.75) is 19.4 Å². The summed E-state index contributed by atoms with van der Waals surface area (Å²) in [5.41, 5.74) is 2.99. The number of hydrogen-bond acceptors (Lipinski definition) is 2. The molecule has 0 saturated carbocycles. The molecule has 0 saturated heterocycles. The van der Waals surface area contributed by atoms with Crippen LogP contribution in [-0.4, -0.2) is 16.8 Å². The Hall–Kier alpha value is -1.68. The minimum absolute atomic E-state index is 0.0431. The van der Waals surface area contributed by atoms with Crippen LogP contribution >= 0.6 is 0 Å². The van der Waals surface area contributed by atoms with Crippen LogP contribution in [-0.2, 0) is 13.5 Å². The van der Waals surface area contributed by atoms with Gasteiger partial charge >= 0.3 is 0 Å². The van der Waals surface area contributed by atoms with Crippen molar-refractivity contribution in [3.05, 3.63) is 53.1 Å². The number of halogens is 1. The smallest absolute Gasteiger partial charge is 0.123 e. The molecule has 2 rings (SSSR count). The zero-order chi connectivity index (χ0) is 13.1. The number of nitrogens with one attached hydrogen (secondary N) is 1. The normalized spacial score (nSPS) is 12.7. The highest BCUT2D eigenvalue weighted by molar-refractivity contribution is 5.29. The summed E-state index contributed by atoms with van der Waals surface area (Å²) in [4.78, 5) is 0. The van der Waals surface area contributed by atoms with E-state index < -0.39 is 0 Å². The van der Waals surface area contributed by atoms with E-state index >= 15 is 0 Å². The molecular formula is C14H18FN3. The second-order valence-corrected chi connectivity index (χ2v) is 4.31. The van der Waals surface area contributed by atoms with E-state index in [1.54, 1.807) is 12.1 Å². The Kier molecular flexibility index (Phi) is 3.77. The minimum Gasteiger partial charge on any atom is -0.308 e. The van der Waals surface area contributed by atoms with Gasteiger partial charge in [0.1, 0.15) is 5.82 Å². The first kappa shape index (κ1) is 12.8. The number of benzene rings is 1. The topological polar surface area (TPSA) is 29.9 Å². The Morgan fingerprint density at radius 3 is 2.72 bits per heavy atom. The number of nitrogens with zero attached hydrogens (tertiary/aromatic N) is 2. The molecule has 1 aromatic carbocycles. The summed E-state index contributed by atoms with van der Waals surface area (Å²) in [6, 6.07) is 8.68. The van der Waals surface area contributed by atoms with Crippen molar-refractivity contribution in [1.82, 2.24) is 15.1 Å². The molecule has 3 nitrogen and oxygen atoms in total. The third-order valence-electron chi connectivity index (χ3n) is 3.10. The van der Waals surface area contributed by atoms with E-state index in [2.05, 4.69) is 23.4 Å². The largest absolute Gasteiger partial charge is 0.308 e. The number of aromatic nitrogens is 2. The molecule has 0 aliphatic heterocycles. The quantitative estimate of drug-likeness (QED) is 0.899. The molecule has 0 spiro atoms. The van der Waals surface area contributed by atoms with E-state index in [4.69, 9.17) is 0 Å². The van der Waals surface area contributed by atoms with Crippen molar-refractivity contribution in [1.29, 1.82) is 0 Å². The monoisotopic (exact) mass is 247 g/mol. The summed E-state index contributed by atoms with van der Waals surface area (Å²) in [7, 11) is 3.78. The van der Waals surface area contributed by atoms with E-state index in [0.29, 0.717) is 0 Å². The molecule has 2 aromatic rings. The molecule has 96 valence electrons. The standard InChI is InChI=1S/C14H18FN3/c1-4-12-9-13(18(3)17-12)14(16-2)10-6-5-7-11(15)8-10/h5-9,14,16H,4H2,1-3H3. The van der Waals surface area contributed by atoms with Gasteiger partial charge in [-0.2, -0.15) is 5.10 Å². The summed E-state index contributed by atoms with van der Waals surface area (Å²) < 4.78 is 15.2. The van der Waals surface area contributed by atoms with Crippen LogP contribution in [0.1, 0.15) is 29.9 Å². The summed E-state index contributed by atoms with van der Waals surface area (Å²) in [6.07, 6.45) is 0.896. The van der Waals surface area contributed by atoms with E-state index in [0.717, 1.165) is 23.4 Å². The first-order chi connectivity index (χ1) is 8.65. The van der Waals surface area contributed by atoms with Gasteiger partial charge in [-0.25, -0.2) is 4.39 Å². The lowest BCUT2D eigenvalue weighted by molar-refractivity contribution is 0.590. The third kappa shape index (κ3) is 2.43. The molecule has 0 radical (unpaired) electrons. The van der Waals surface area contributed by atoms with Gasteiger partial charge in [0, 0.05) is 7.05 Å². The molecule has 1 unspecified atom stereocenters. The number of rotatable bonds is 4. The van der Waals surface area contributed by atoms with Gasteiger partial charge in [-0.05, 0) is 37.2 Å².